The molecule has 2 N–H and O–H groups in total. The van der Waals surface area contributed by atoms with Crippen LogP contribution in [0.1, 0.15) is 24.8 Å². The van der Waals surface area contributed by atoms with Crippen LogP contribution < -0.4 is 10.1 Å². The van der Waals surface area contributed by atoms with Crippen LogP contribution in [0.15, 0.2) is 18.2 Å². The summed E-state index contributed by atoms with van der Waals surface area (Å²) in [5.41, 5.74) is 2.05. The first-order valence-electron chi connectivity index (χ1n) is 5.28. The highest BCUT2D eigenvalue weighted by atomic mass is 16.5. The molecule has 0 spiro atoms. The average molecular weight is 221 g/mol. The summed E-state index contributed by atoms with van der Waals surface area (Å²) >= 11 is 0. The summed E-state index contributed by atoms with van der Waals surface area (Å²) in [6.45, 7) is 2.00. The van der Waals surface area contributed by atoms with Gasteiger partial charge in [-0.15, -0.1) is 0 Å². The van der Waals surface area contributed by atoms with Crippen LogP contribution in [0.3, 0.4) is 0 Å². The number of aliphatic carboxylic acids is 1. The molecule has 0 aromatic heterocycles. The first kappa shape index (κ1) is 10.8. The normalized spacial score (nSPS) is 22.4. The lowest BCUT2D eigenvalue weighted by molar-refractivity contribution is -0.137. The molecule has 4 heteroatoms. The molecule has 1 aromatic carbocycles. The molecule has 1 heterocycles. The van der Waals surface area contributed by atoms with Crippen LogP contribution >= 0.6 is 0 Å². The first-order chi connectivity index (χ1) is 7.61. The molecule has 4 nitrogen and oxygen atoms in total. The zero-order valence-electron chi connectivity index (χ0n) is 9.36. The maximum Gasteiger partial charge on any atom is 0.304 e. The summed E-state index contributed by atoms with van der Waals surface area (Å²) in [4.78, 5) is 10.8. The van der Waals surface area contributed by atoms with Gasteiger partial charge in [0.2, 0.25) is 0 Å². The van der Waals surface area contributed by atoms with E-state index in [9.17, 15) is 4.79 Å². The van der Waals surface area contributed by atoms with Gasteiger partial charge >= 0.3 is 5.97 Å². The quantitative estimate of drug-likeness (QED) is 0.820. The number of nitrogens with one attached hydrogen (secondary N) is 1. The Balaban J connectivity index is 2.33. The van der Waals surface area contributed by atoms with Crippen molar-refractivity contribution in [1.82, 2.24) is 0 Å². The molecule has 0 aliphatic carbocycles. The molecule has 0 amide bonds. The highest BCUT2D eigenvalue weighted by Crippen LogP contribution is 2.39. The van der Waals surface area contributed by atoms with Crippen LogP contribution in [0.2, 0.25) is 0 Å². The molecule has 1 aromatic rings. The van der Waals surface area contributed by atoms with E-state index in [2.05, 4.69) is 5.32 Å². The van der Waals surface area contributed by atoms with Crippen molar-refractivity contribution >= 4 is 11.7 Å². The lowest BCUT2D eigenvalue weighted by Gasteiger charge is -2.13. The first-order valence-corrected chi connectivity index (χ1v) is 5.28. The molecule has 1 aliphatic heterocycles. The number of fused-ring (bicyclic) bond motifs is 1. The van der Waals surface area contributed by atoms with E-state index in [0.29, 0.717) is 0 Å². The highest BCUT2D eigenvalue weighted by molar-refractivity contribution is 5.71. The number of anilines is 1. The van der Waals surface area contributed by atoms with Crippen LogP contribution in [-0.2, 0) is 4.79 Å². The van der Waals surface area contributed by atoms with Crippen LogP contribution in [0, 0.1) is 0 Å². The molecular weight excluding hydrogens is 206 g/mol. The Morgan fingerprint density at radius 2 is 2.31 bits per heavy atom. The summed E-state index contributed by atoms with van der Waals surface area (Å²) in [5.74, 6) is 0.0157. The number of rotatable bonds is 3. The summed E-state index contributed by atoms with van der Waals surface area (Å²) < 4.78 is 5.15. The van der Waals surface area contributed by atoms with E-state index in [1.807, 2.05) is 25.1 Å². The number of ether oxygens (including phenoxy) is 1. The Morgan fingerprint density at radius 1 is 1.56 bits per heavy atom. The van der Waals surface area contributed by atoms with E-state index in [1.165, 1.54) is 0 Å². The standard InChI is InChI=1S/C12H15NO3/c1-7-9(6-12(14)15)10-5-8(16-2)3-4-11(10)13-7/h3-5,7,9,13H,6H2,1-2H3,(H,14,15). The summed E-state index contributed by atoms with van der Waals surface area (Å²) in [6, 6.07) is 5.88. The van der Waals surface area contributed by atoms with Crippen LogP contribution in [0.25, 0.3) is 0 Å². The van der Waals surface area contributed by atoms with Gasteiger partial charge in [0.25, 0.3) is 0 Å². The van der Waals surface area contributed by atoms with Crippen molar-refractivity contribution < 1.29 is 14.6 Å². The fraction of sp³-hybridized carbons (Fsp3) is 0.417. The average Bonchev–Trinajstić information content (AvgIpc) is 2.54. The van der Waals surface area contributed by atoms with Gasteiger partial charge in [0, 0.05) is 17.6 Å². The monoisotopic (exact) mass is 221 g/mol. The molecule has 0 saturated heterocycles. The van der Waals surface area contributed by atoms with E-state index in [1.54, 1.807) is 7.11 Å². The van der Waals surface area contributed by atoms with Crippen molar-refractivity contribution in [1.29, 1.82) is 0 Å². The van der Waals surface area contributed by atoms with Crippen molar-refractivity contribution in [2.24, 2.45) is 0 Å². The van der Waals surface area contributed by atoms with Gasteiger partial charge in [0.15, 0.2) is 0 Å². The van der Waals surface area contributed by atoms with E-state index < -0.39 is 5.97 Å². The third-order valence-corrected chi connectivity index (χ3v) is 3.04. The molecule has 1 aliphatic rings. The molecular formula is C12H15NO3. The third-order valence-electron chi connectivity index (χ3n) is 3.04. The minimum absolute atomic E-state index is 0.0163. The zero-order valence-corrected chi connectivity index (χ0v) is 9.36. The maximum absolute atomic E-state index is 10.8. The van der Waals surface area contributed by atoms with Crippen molar-refractivity contribution in [2.75, 3.05) is 12.4 Å². The van der Waals surface area contributed by atoms with Crippen molar-refractivity contribution in [3.05, 3.63) is 23.8 Å². The van der Waals surface area contributed by atoms with Gasteiger partial charge in [-0.1, -0.05) is 0 Å². The fourth-order valence-electron chi connectivity index (χ4n) is 2.20. The molecule has 86 valence electrons. The molecule has 2 rings (SSSR count). The second-order valence-corrected chi connectivity index (χ2v) is 4.09. The fourth-order valence-corrected chi connectivity index (χ4v) is 2.20. The maximum atomic E-state index is 10.8. The van der Waals surface area contributed by atoms with Crippen molar-refractivity contribution in [3.8, 4) is 5.75 Å². The second-order valence-electron chi connectivity index (χ2n) is 4.09. The molecule has 2 unspecified atom stereocenters. The van der Waals surface area contributed by atoms with Crippen LogP contribution in [0.4, 0.5) is 5.69 Å². The minimum Gasteiger partial charge on any atom is -0.497 e. The van der Waals surface area contributed by atoms with Crippen molar-refractivity contribution in [2.45, 2.75) is 25.3 Å². The number of carboxylic acids is 1. The van der Waals surface area contributed by atoms with E-state index in [0.717, 1.165) is 17.0 Å². The Kier molecular flexibility index (Phi) is 2.73. The number of carboxylic acid groups (broad SMARTS) is 1. The number of carbonyl (C=O) groups is 1. The number of benzene rings is 1. The molecule has 2 atom stereocenters. The van der Waals surface area contributed by atoms with Gasteiger partial charge in [-0.05, 0) is 30.7 Å². The number of hydrogen-bond donors (Lipinski definition) is 2. The minimum atomic E-state index is -0.769. The van der Waals surface area contributed by atoms with E-state index >= 15 is 0 Å². The van der Waals surface area contributed by atoms with Crippen LogP contribution in [-0.4, -0.2) is 24.2 Å². The van der Waals surface area contributed by atoms with Gasteiger partial charge in [-0.3, -0.25) is 4.79 Å². The second kappa shape index (κ2) is 4.04. The number of methoxy groups -OCH3 is 1. The Labute approximate surface area is 94.2 Å². The van der Waals surface area contributed by atoms with Gasteiger partial charge in [0.05, 0.1) is 13.5 Å². The molecule has 0 radical (unpaired) electrons. The Morgan fingerprint density at radius 3 is 2.94 bits per heavy atom. The highest BCUT2D eigenvalue weighted by Gasteiger charge is 2.30. The van der Waals surface area contributed by atoms with Crippen molar-refractivity contribution in [3.63, 3.8) is 0 Å². The SMILES string of the molecule is COc1ccc2c(c1)C(CC(=O)O)C(C)N2. The molecule has 0 saturated carbocycles. The van der Waals surface area contributed by atoms with Gasteiger partial charge in [-0.2, -0.15) is 0 Å². The molecule has 0 fully saturated rings. The summed E-state index contributed by atoms with van der Waals surface area (Å²) in [6.07, 6.45) is 0.147. The Bertz CT molecular complexity index is 417. The van der Waals surface area contributed by atoms with Crippen LogP contribution in [0.5, 0.6) is 5.75 Å². The third kappa shape index (κ3) is 1.83. The van der Waals surface area contributed by atoms with Gasteiger partial charge < -0.3 is 15.2 Å². The van der Waals surface area contributed by atoms with Gasteiger partial charge in [-0.25, -0.2) is 0 Å². The Hall–Kier alpha value is -1.71. The number of hydrogen-bond acceptors (Lipinski definition) is 3. The largest absolute Gasteiger partial charge is 0.497 e. The topological polar surface area (TPSA) is 58.6 Å². The molecule has 16 heavy (non-hydrogen) atoms. The lowest BCUT2D eigenvalue weighted by atomic mass is 9.93. The van der Waals surface area contributed by atoms with E-state index in [-0.39, 0.29) is 18.4 Å². The lowest BCUT2D eigenvalue weighted by Crippen LogP contribution is -2.18. The van der Waals surface area contributed by atoms with E-state index in [4.69, 9.17) is 9.84 Å². The smallest absolute Gasteiger partial charge is 0.304 e. The summed E-state index contributed by atoms with van der Waals surface area (Å²) in [5, 5.41) is 12.2. The predicted molar refractivity (Wildman–Crippen MR) is 61.1 cm³/mol. The van der Waals surface area contributed by atoms with Gasteiger partial charge in [0.1, 0.15) is 5.75 Å². The molecule has 0 bridgehead atoms. The summed E-state index contributed by atoms with van der Waals surface area (Å²) in [7, 11) is 1.61. The predicted octanol–water partition coefficient (Wildman–Crippen LogP) is 2.07. The zero-order chi connectivity index (χ0) is 11.7.